The number of carbonyl (C=O) groups excluding carboxylic acids is 1. The number of rotatable bonds is 4. The molecule has 2 aromatic heterocycles. The quantitative estimate of drug-likeness (QED) is 0.925. The summed E-state index contributed by atoms with van der Waals surface area (Å²) in [6.07, 6.45) is 4.06. The average Bonchev–Trinajstić information content (AvgIpc) is 2.89. The Balaban J connectivity index is 1.90. The van der Waals surface area contributed by atoms with Crippen molar-refractivity contribution in [3.8, 4) is 0 Å². The Morgan fingerprint density at radius 2 is 2.35 bits per heavy atom. The minimum absolute atomic E-state index is 0.0565. The van der Waals surface area contributed by atoms with E-state index in [0.717, 1.165) is 12.0 Å². The highest BCUT2D eigenvalue weighted by Crippen LogP contribution is 2.21. The van der Waals surface area contributed by atoms with E-state index in [0.29, 0.717) is 9.21 Å². The molecule has 90 valence electrons. The largest absolute Gasteiger partial charge is 0.472 e. The van der Waals surface area contributed by atoms with Gasteiger partial charge in [-0.15, -0.1) is 11.3 Å². The summed E-state index contributed by atoms with van der Waals surface area (Å²) in [5.41, 5.74) is 1.07. The number of halogens is 1. The van der Waals surface area contributed by atoms with Crippen molar-refractivity contribution in [3.05, 3.63) is 45.5 Å². The summed E-state index contributed by atoms with van der Waals surface area (Å²) in [6.45, 7) is 1.96. The van der Waals surface area contributed by atoms with Crippen LogP contribution in [0.5, 0.6) is 0 Å². The third-order valence-electron chi connectivity index (χ3n) is 2.30. The van der Waals surface area contributed by atoms with Crippen LogP contribution in [0.4, 0.5) is 0 Å². The molecule has 2 aromatic rings. The zero-order chi connectivity index (χ0) is 12.3. The van der Waals surface area contributed by atoms with Gasteiger partial charge in [-0.3, -0.25) is 4.79 Å². The van der Waals surface area contributed by atoms with E-state index < -0.39 is 0 Å². The highest BCUT2D eigenvalue weighted by Gasteiger charge is 2.12. The van der Waals surface area contributed by atoms with Gasteiger partial charge in [0.25, 0.3) is 5.91 Å². The van der Waals surface area contributed by atoms with Crippen molar-refractivity contribution in [2.75, 3.05) is 0 Å². The van der Waals surface area contributed by atoms with Crippen molar-refractivity contribution in [3.63, 3.8) is 0 Å². The number of nitrogens with one attached hydrogen (secondary N) is 1. The molecule has 3 nitrogen and oxygen atoms in total. The summed E-state index contributed by atoms with van der Waals surface area (Å²) in [7, 11) is 0. The van der Waals surface area contributed by atoms with Gasteiger partial charge in [0, 0.05) is 6.04 Å². The van der Waals surface area contributed by atoms with Crippen LogP contribution in [-0.2, 0) is 6.42 Å². The maximum atomic E-state index is 11.8. The van der Waals surface area contributed by atoms with Crippen LogP contribution in [0.15, 0.2) is 35.1 Å². The molecule has 0 aliphatic carbocycles. The lowest BCUT2D eigenvalue weighted by atomic mass is 10.1. The number of thiophene rings is 1. The van der Waals surface area contributed by atoms with Crippen molar-refractivity contribution < 1.29 is 9.21 Å². The van der Waals surface area contributed by atoms with E-state index in [1.165, 1.54) is 11.3 Å². The molecule has 0 saturated heterocycles. The van der Waals surface area contributed by atoms with E-state index in [4.69, 9.17) is 16.0 Å². The molecule has 1 atom stereocenters. The molecule has 1 amide bonds. The first kappa shape index (κ1) is 12.2. The summed E-state index contributed by atoms with van der Waals surface area (Å²) in [5.74, 6) is -0.0853. The predicted molar refractivity (Wildman–Crippen MR) is 68.7 cm³/mol. The normalized spacial score (nSPS) is 12.4. The van der Waals surface area contributed by atoms with Gasteiger partial charge in [-0.2, -0.15) is 0 Å². The zero-order valence-electron chi connectivity index (χ0n) is 9.27. The highest BCUT2D eigenvalue weighted by molar-refractivity contribution is 7.17. The first-order valence-electron chi connectivity index (χ1n) is 5.22. The summed E-state index contributed by atoms with van der Waals surface area (Å²) < 4.78 is 5.60. The van der Waals surface area contributed by atoms with Gasteiger partial charge in [0.2, 0.25) is 0 Å². The Morgan fingerprint density at radius 3 is 2.94 bits per heavy atom. The second-order valence-electron chi connectivity index (χ2n) is 3.81. The van der Waals surface area contributed by atoms with Crippen molar-refractivity contribution in [1.82, 2.24) is 5.32 Å². The molecular formula is C12H12ClNO2S. The maximum Gasteiger partial charge on any atom is 0.261 e. The molecule has 0 aliphatic rings. The van der Waals surface area contributed by atoms with Crippen LogP contribution in [0.1, 0.15) is 22.2 Å². The molecule has 0 radical (unpaired) electrons. The lowest BCUT2D eigenvalue weighted by Crippen LogP contribution is -2.33. The van der Waals surface area contributed by atoms with Crippen molar-refractivity contribution in [1.29, 1.82) is 0 Å². The minimum Gasteiger partial charge on any atom is -0.472 e. The number of hydrogen-bond donors (Lipinski definition) is 1. The Bertz CT molecular complexity index is 492. The van der Waals surface area contributed by atoms with Crippen LogP contribution < -0.4 is 5.32 Å². The lowest BCUT2D eigenvalue weighted by Gasteiger charge is -2.11. The van der Waals surface area contributed by atoms with Gasteiger partial charge < -0.3 is 9.73 Å². The molecule has 0 spiro atoms. The van der Waals surface area contributed by atoms with Gasteiger partial charge in [0.1, 0.15) is 0 Å². The van der Waals surface area contributed by atoms with E-state index in [9.17, 15) is 4.79 Å². The van der Waals surface area contributed by atoms with E-state index in [-0.39, 0.29) is 11.9 Å². The third kappa shape index (κ3) is 3.35. The fraction of sp³-hybridized carbons (Fsp3) is 0.250. The molecule has 2 rings (SSSR count). The molecule has 1 unspecified atom stereocenters. The lowest BCUT2D eigenvalue weighted by molar-refractivity contribution is 0.0944. The maximum absolute atomic E-state index is 11.8. The minimum atomic E-state index is -0.0853. The smallest absolute Gasteiger partial charge is 0.261 e. The van der Waals surface area contributed by atoms with Crippen LogP contribution in [0.2, 0.25) is 4.34 Å². The van der Waals surface area contributed by atoms with Gasteiger partial charge in [0.15, 0.2) is 0 Å². The first-order valence-corrected chi connectivity index (χ1v) is 6.42. The van der Waals surface area contributed by atoms with E-state index in [2.05, 4.69) is 5.32 Å². The SMILES string of the molecule is CC(Cc1ccoc1)NC(=O)c1ccc(Cl)s1. The molecule has 5 heteroatoms. The molecule has 17 heavy (non-hydrogen) atoms. The Hall–Kier alpha value is -1.26. The fourth-order valence-electron chi connectivity index (χ4n) is 1.54. The molecule has 0 bridgehead atoms. The summed E-state index contributed by atoms with van der Waals surface area (Å²) in [4.78, 5) is 12.4. The summed E-state index contributed by atoms with van der Waals surface area (Å²) in [6, 6.07) is 5.40. The summed E-state index contributed by atoms with van der Waals surface area (Å²) >= 11 is 7.06. The Kier molecular flexibility index (Phi) is 3.86. The monoisotopic (exact) mass is 269 g/mol. The van der Waals surface area contributed by atoms with Gasteiger partial charge >= 0.3 is 0 Å². The second kappa shape index (κ2) is 5.38. The van der Waals surface area contributed by atoms with Gasteiger partial charge in [-0.05, 0) is 37.1 Å². The topological polar surface area (TPSA) is 42.2 Å². The van der Waals surface area contributed by atoms with Crippen LogP contribution in [0, 0.1) is 0 Å². The standard InChI is InChI=1S/C12H12ClNO2S/c1-8(6-9-4-5-16-7-9)14-12(15)10-2-3-11(13)17-10/h2-5,7-8H,6H2,1H3,(H,14,15). The van der Waals surface area contributed by atoms with Crippen LogP contribution in [0.25, 0.3) is 0 Å². The van der Waals surface area contributed by atoms with Crippen LogP contribution >= 0.6 is 22.9 Å². The van der Waals surface area contributed by atoms with Crippen LogP contribution in [0.3, 0.4) is 0 Å². The highest BCUT2D eigenvalue weighted by atomic mass is 35.5. The predicted octanol–water partition coefficient (Wildman–Crippen LogP) is 3.36. The fourth-order valence-corrected chi connectivity index (χ4v) is 2.49. The zero-order valence-corrected chi connectivity index (χ0v) is 10.8. The van der Waals surface area contributed by atoms with Gasteiger partial charge in [-0.25, -0.2) is 0 Å². The van der Waals surface area contributed by atoms with Crippen LogP contribution in [-0.4, -0.2) is 11.9 Å². The number of carbonyl (C=O) groups is 1. The van der Waals surface area contributed by atoms with E-state index >= 15 is 0 Å². The van der Waals surface area contributed by atoms with E-state index in [1.54, 1.807) is 24.7 Å². The number of furan rings is 1. The molecule has 2 heterocycles. The Labute approximate surface area is 108 Å². The van der Waals surface area contributed by atoms with Gasteiger partial charge in [0.05, 0.1) is 21.7 Å². The summed E-state index contributed by atoms with van der Waals surface area (Å²) in [5, 5.41) is 2.92. The first-order chi connectivity index (χ1) is 8.15. The molecule has 1 N–H and O–H groups in total. The molecule has 0 saturated carbocycles. The Morgan fingerprint density at radius 1 is 1.53 bits per heavy atom. The van der Waals surface area contributed by atoms with Crippen molar-refractivity contribution in [2.24, 2.45) is 0 Å². The molecule has 0 aromatic carbocycles. The number of amides is 1. The van der Waals surface area contributed by atoms with Crippen molar-refractivity contribution >= 4 is 28.8 Å². The molecule has 0 aliphatic heterocycles. The van der Waals surface area contributed by atoms with Crippen molar-refractivity contribution in [2.45, 2.75) is 19.4 Å². The number of hydrogen-bond acceptors (Lipinski definition) is 3. The molecular weight excluding hydrogens is 258 g/mol. The van der Waals surface area contributed by atoms with Gasteiger partial charge in [-0.1, -0.05) is 11.6 Å². The van der Waals surface area contributed by atoms with E-state index in [1.807, 2.05) is 13.0 Å². The molecule has 0 fully saturated rings. The average molecular weight is 270 g/mol. The third-order valence-corrected chi connectivity index (χ3v) is 3.53. The second-order valence-corrected chi connectivity index (χ2v) is 5.53.